The summed E-state index contributed by atoms with van der Waals surface area (Å²) in [4.78, 5) is 0. The second-order valence-electron chi connectivity index (χ2n) is 2.95. The molecule has 0 atom stereocenters. The molecule has 0 aliphatic rings. The Labute approximate surface area is 79.3 Å². The molecule has 2 aromatic rings. The number of hydrogen-bond donors (Lipinski definition) is 0. The van der Waals surface area contributed by atoms with E-state index >= 15 is 0 Å². The van der Waals surface area contributed by atoms with E-state index in [4.69, 9.17) is 0 Å². The third-order valence-electron chi connectivity index (χ3n) is 1.93. The number of fused-ring (bicyclic) bond motifs is 1. The molecule has 2 nitrogen and oxygen atoms in total. The van der Waals surface area contributed by atoms with E-state index in [1.807, 2.05) is 17.9 Å². The minimum Gasteiger partial charge on any atom is -0.267 e. The van der Waals surface area contributed by atoms with Gasteiger partial charge in [-0.3, -0.25) is 4.68 Å². The molecule has 2 rings (SSSR count). The predicted molar refractivity (Wildman–Crippen MR) is 53.2 cm³/mol. The number of halogens is 1. The van der Waals surface area contributed by atoms with Crippen LogP contribution in [0, 0.1) is 6.92 Å². The molecular weight excluding hydrogens is 216 g/mol. The normalized spacial score (nSPS) is 10.9. The summed E-state index contributed by atoms with van der Waals surface area (Å²) >= 11 is 3.52. The van der Waals surface area contributed by atoms with Crippen LogP contribution in [-0.2, 0) is 7.05 Å². The van der Waals surface area contributed by atoms with Crippen LogP contribution in [0.5, 0.6) is 0 Å². The molecule has 12 heavy (non-hydrogen) atoms. The van der Waals surface area contributed by atoms with Crippen molar-refractivity contribution in [2.45, 2.75) is 6.92 Å². The van der Waals surface area contributed by atoms with Crippen LogP contribution >= 0.6 is 15.9 Å². The van der Waals surface area contributed by atoms with E-state index in [1.165, 1.54) is 10.9 Å². The molecule has 0 aliphatic heterocycles. The van der Waals surface area contributed by atoms with Crippen molar-refractivity contribution in [2.75, 3.05) is 0 Å². The highest BCUT2D eigenvalue weighted by Crippen LogP contribution is 2.24. The molecule has 0 saturated heterocycles. The average molecular weight is 225 g/mol. The van der Waals surface area contributed by atoms with Crippen molar-refractivity contribution in [2.24, 2.45) is 7.05 Å². The molecule has 3 heteroatoms. The second kappa shape index (κ2) is 2.59. The molecule has 0 N–H and O–H groups in total. The van der Waals surface area contributed by atoms with Crippen molar-refractivity contribution < 1.29 is 0 Å². The van der Waals surface area contributed by atoms with E-state index < -0.39 is 0 Å². The Hall–Kier alpha value is -0.830. The van der Waals surface area contributed by atoms with Gasteiger partial charge in [0.25, 0.3) is 0 Å². The minimum absolute atomic E-state index is 1.11. The van der Waals surface area contributed by atoms with Gasteiger partial charge in [0, 0.05) is 16.9 Å². The van der Waals surface area contributed by atoms with Gasteiger partial charge in [0.1, 0.15) is 0 Å². The van der Waals surface area contributed by atoms with Crippen LogP contribution in [-0.4, -0.2) is 9.78 Å². The summed E-state index contributed by atoms with van der Waals surface area (Å²) in [5.41, 5.74) is 2.41. The fourth-order valence-electron chi connectivity index (χ4n) is 1.41. The fraction of sp³-hybridized carbons (Fsp3) is 0.222. The number of rotatable bonds is 0. The zero-order chi connectivity index (χ0) is 8.72. The first kappa shape index (κ1) is 7.80. The largest absolute Gasteiger partial charge is 0.267 e. The summed E-state index contributed by atoms with van der Waals surface area (Å²) < 4.78 is 2.98. The maximum Gasteiger partial charge on any atom is 0.0821 e. The third-order valence-corrected chi connectivity index (χ3v) is 2.54. The number of aromatic nitrogens is 2. The Kier molecular flexibility index (Phi) is 1.68. The number of nitrogens with zero attached hydrogens (tertiary/aromatic N) is 2. The maximum absolute atomic E-state index is 4.18. The van der Waals surface area contributed by atoms with Crippen LogP contribution < -0.4 is 0 Å². The van der Waals surface area contributed by atoms with Crippen molar-refractivity contribution in [3.63, 3.8) is 0 Å². The molecule has 0 radical (unpaired) electrons. The van der Waals surface area contributed by atoms with Crippen molar-refractivity contribution in [3.05, 3.63) is 28.4 Å². The lowest BCUT2D eigenvalue weighted by molar-refractivity contribution is 0.795. The van der Waals surface area contributed by atoms with Crippen LogP contribution in [0.25, 0.3) is 10.9 Å². The van der Waals surface area contributed by atoms with E-state index in [0.717, 1.165) is 9.99 Å². The summed E-state index contributed by atoms with van der Waals surface area (Å²) in [6.07, 6.45) is 1.88. The molecule has 0 fully saturated rings. The maximum atomic E-state index is 4.18. The Morgan fingerprint density at radius 2 is 2.17 bits per heavy atom. The van der Waals surface area contributed by atoms with Gasteiger partial charge in [-0.05, 0) is 40.5 Å². The van der Waals surface area contributed by atoms with Crippen LogP contribution in [0.4, 0.5) is 0 Å². The lowest BCUT2D eigenvalue weighted by Crippen LogP contribution is -1.89. The zero-order valence-corrected chi connectivity index (χ0v) is 8.59. The zero-order valence-electron chi connectivity index (χ0n) is 7.00. The van der Waals surface area contributed by atoms with Gasteiger partial charge in [0.15, 0.2) is 0 Å². The van der Waals surface area contributed by atoms with E-state index in [0.29, 0.717) is 0 Å². The molecule has 0 bridgehead atoms. The number of hydrogen-bond acceptors (Lipinski definition) is 1. The third kappa shape index (κ3) is 1.05. The standard InChI is InChI=1S/C9H9BrN2/c1-6-3-7-5-11-12(2)9(7)8(10)4-6/h3-5H,1-2H3. The van der Waals surface area contributed by atoms with Crippen LogP contribution in [0.3, 0.4) is 0 Å². The molecule has 0 amide bonds. The first-order valence-corrected chi connectivity index (χ1v) is 4.55. The Morgan fingerprint density at radius 3 is 2.92 bits per heavy atom. The first-order chi connectivity index (χ1) is 5.68. The summed E-state index contributed by atoms with van der Waals surface area (Å²) in [7, 11) is 1.95. The first-order valence-electron chi connectivity index (χ1n) is 3.76. The summed E-state index contributed by atoms with van der Waals surface area (Å²) in [6.45, 7) is 2.08. The van der Waals surface area contributed by atoms with Gasteiger partial charge >= 0.3 is 0 Å². The molecule has 1 heterocycles. The van der Waals surface area contributed by atoms with Crippen LogP contribution in [0.1, 0.15) is 5.56 Å². The van der Waals surface area contributed by atoms with Gasteiger partial charge in [0.05, 0.1) is 11.7 Å². The summed E-state index contributed by atoms with van der Waals surface area (Å²) in [6, 6.07) is 4.23. The SMILES string of the molecule is Cc1cc(Br)c2c(cnn2C)c1. The molecule has 62 valence electrons. The van der Waals surface area contributed by atoms with Gasteiger partial charge in [-0.2, -0.15) is 5.10 Å². The van der Waals surface area contributed by atoms with Crippen LogP contribution in [0.15, 0.2) is 22.8 Å². The average Bonchev–Trinajstić information content (AvgIpc) is 2.31. The molecule has 1 aromatic heterocycles. The second-order valence-corrected chi connectivity index (χ2v) is 3.81. The van der Waals surface area contributed by atoms with Crippen molar-refractivity contribution in [3.8, 4) is 0 Å². The highest BCUT2D eigenvalue weighted by atomic mass is 79.9. The smallest absolute Gasteiger partial charge is 0.0821 e. The monoisotopic (exact) mass is 224 g/mol. The topological polar surface area (TPSA) is 17.8 Å². The molecule has 0 spiro atoms. The van der Waals surface area contributed by atoms with Crippen molar-refractivity contribution in [1.82, 2.24) is 9.78 Å². The highest BCUT2D eigenvalue weighted by Gasteiger charge is 2.03. The number of aryl methyl sites for hydroxylation is 2. The van der Waals surface area contributed by atoms with Crippen molar-refractivity contribution in [1.29, 1.82) is 0 Å². The minimum atomic E-state index is 1.11. The predicted octanol–water partition coefficient (Wildman–Crippen LogP) is 2.64. The van der Waals surface area contributed by atoms with E-state index in [-0.39, 0.29) is 0 Å². The molecule has 0 aliphatic carbocycles. The van der Waals surface area contributed by atoms with E-state index in [2.05, 4.69) is 40.1 Å². The van der Waals surface area contributed by atoms with Gasteiger partial charge in [-0.25, -0.2) is 0 Å². The van der Waals surface area contributed by atoms with Crippen molar-refractivity contribution >= 4 is 26.8 Å². The quantitative estimate of drug-likeness (QED) is 0.673. The van der Waals surface area contributed by atoms with Gasteiger partial charge < -0.3 is 0 Å². The lowest BCUT2D eigenvalue weighted by atomic mass is 10.2. The van der Waals surface area contributed by atoms with Gasteiger partial charge in [-0.1, -0.05) is 0 Å². The van der Waals surface area contributed by atoms with Gasteiger partial charge in [0.2, 0.25) is 0 Å². The molecule has 1 aromatic carbocycles. The van der Waals surface area contributed by atoms with E-state index in [1.54, 1.807) is 0 Å². The van der Waals surface area contributed by atoms with Crippen LogP contribution in [0.2, 0.25) is 0 Å². The highest BCUT2D eigenvalue weighted by molar-refractivity contribution is 9.10. The number of benzene rings is 1. The fourth-order valence-corrected chi connectivity index (χ4v) is 2.25. The Bertz CT molecular complexity index is 431. The molecule has 0 saturated carbocycles. The van der Waals surface area contributed by atoms with E-state index in [9.17, 15) is 0 Å². The molecule has 0 unspecified atom stereocenters. The van der Waals surface area contributed by atoms with Gasteiger partial charge in [-0.15, -0.1) is 0 Å². The summed E-state index contributed by atoms with van der Waals surface area (Å²) in [5.74, 6) is 0. The molecular formula is C9H9BrN2. The Balaban J connectivity index is 2.93. The lowest BCUT2D eigenvalue weighted by Gasteiger charge is -1.99. The Morgan fingerprint density at radius 1 is 1.42 bits per heavy atom. The summed E-state index contributed by atoms with van der Waals surface area (Å²) in [5, 5.41) is 5.37.